The summed E-state index contributed by atoms with van der Waals surface area (Å²) in [7, 11) is -0.514. The highest BCUT2D eigenvalue weighted by Gasteiger charge is 2.19. The Morgan fingerprint density at radius 2 is 1.52 bits per heavy atom. The molecule has 0 bridgehead atoms. The summed E-state index contributed by atoms with van der Waals surface area (Å²) < 4.78 is 27.3. The average molecular weight is 461 g/mol. The zero-order valence-corrected chi connectivity index (χ0v) is 19.2. The summed E-state index contributed by atoms with van der Waals surface area (Å²) in [6.45, 7) is 0.256. The van der Waals surface area contributed by atoms with Crippen LogP contribution in [0.25, 0.3) is 16.9 Å². The number of carbonyl (C=O) groups excluding carboxylic acids is 1. The number of amides is 1. The van der Waals surface area contributed by atoms with Gasteiger partial charge in [-0.1, -0.05) is 60.7 Å². The lowest BCUT2D eigenvalue weighted by molar-refractivity contribution is 0.0951. The van der Waals surface area contributed by atoms with Crippen LogP contribution in [0.3, 0.4) is 0 Å². The molecule has 1 aromatic heterocycles. The van der Waals surface area contributed by atoms with Gasteiger partial charge < -0.3 is 5.32 Å². The maximum atomic E-state index is 13.1. The van der Waals surface area contributed by atoms with Crippen molar-refractivity contribution in [3.05, 3.63) is 102 Å². The maximum Gasteiger partial charge on any atom is 0.255 e. The van der Waals surface area contributed by atoms with E-state index in [0.29, 0.717) is 11.3 Å². The molecule has 1 amide bonds. The third kappa shape index (κ3) is 4.87. The van der Waals surface area contributed by atoms with Gasteiger partial charge in [0.2, 0.25) is 10.0 Å². The van der Waals surface area contributed by atoms with Gasteiger partial charge >= 0.3 is 0 Å². The molecule has 3 aromatic carbocycles. The van der Waals surface area contributed by atoms with E-state index < -0.39 is 10.0 Å². The Morgan fingerprint density at radius 3 is 2.12 bits per heavy atom. The van der Waals surface area contributed by atoms with Crippen molar-refractivity contribution in [3.63, 3.8) is 0 Å². The fourth-order valence-corrected chi connectivity index (χ4v) is 4.23. The third-order valence-corrected chi connectivity index (χ3v) is 7.01. The number of nitrogens with one attached hydrogen (secondary N) is 1. The van der Waals surface area contributed by atoms with Crippen molar-refractivity contribution in [2.75, 3.05) is 14.1 Å². The van der Waals surface area contributed by atoms with Crippen LogP contribution in [-0.4, -0.2) is 42.5 Å². The molecule has 0 aliphatic heterocycles. The number of hydrogen-bond donors (Lipinski definition) is 1. The minimum atomic E-state index is -3.49. The molecule has 0 aliphatic rings. The lowest BCUT2D eigenvalue weighted by atomic mass is 10.1. The number of benzene rings is 3. The van der Waals surface area contributed by atoms with Gasteiger partial charge in [0.1, 0.15) is 5.69 Å². The van der Waals surface area contributed by atoms with Crippen LogP contribution in [0.4, 0.5) is 0 Å². The van der Waals surface area contributed by atoms with E-state index in [1.807, 2.05) is 60.7 Å². The van der Waals surface area contributed by atoms with E-state index in [9.17, 15) is 13.2 Å². The fraction of sp³-hybridized carbons (Fsp3) is 0.120. The molecular weight excluding hydrogens is 436 g/mol. The number of para-hydroxylation sites is 1. The highest BCUT2D eigenvalue weighted by Crippen LogP contribution is 2.24. The van der Waals surface area contributed by atoms with E-state index in [1.165, 1.54) is 18.4 Å². The predicted molar refractivity (Wildman–Crippen MR) is 127 cm³/mol. The van der Waals surface area contributed by atoms with E-state index in [4.69, 9.17) is 0 Å². The molecule has 7 nitrogen and oxygen atoms in total. The number of nitrogens with zero attached hydrogens (tertiary/aromatic N) is 3. The van der Waals surface area contributed by atoms with Crippen molar-refractivity contribution in [2.45, 2.75) is 11.4 Å². The van der Waals surface area contributed by atoms with Crippen LogP contribution >= 0.6 is 0 Å². The highest BCUT2D eigenvalue weighted by atomic mass is 32.2. The van der Waals surface area contributed by atoms with E-state index in [1.54, 1.807) is 35.1 Å². The molecule has 4 rings (SSSR count). The zero-order chi connectivity index (χ0) is 23.4. The number of hydrogen-bond acceptors (Lipinski definition) is 4. The van der Waals surface area contributed by atoms with Crippen molar-refractivity contribution in [1.29, 1.82) is 0 Å². The third-order valence-electron chi connectivity index (χ3n) is 5.18. The quantitative estimate of drug-likeness (QED) is 0.456. The molecule has 8 heteroatoms. The normalized spacial score (nSPS) is 11.5. The van der Waals surface area contributed by atoms with Crippen LogP contribution in [0, 0.1) is 0 Å². The van der Waals surface area contributed by atoms with Crippen molar-refractivity contribution in [1.82, 2.24) is 19.4 Å². The zero-order valence-electron chi connectivity index (χ0n) is 18.3. The number of carbonyl (C=O) groups is 1. The van der Waals surface area contributed by atoms with Crippen LogP contribution in [0.5, 0.6) is 0 Å². The molecule has 33 heavy (non-hydrogen) atoms. The van der Waals surface area contributed by atoms with Gasteiger partial charge in [-0.3, -0.25) is 4.79 Å². The molecule has 0 aliphatic carbocycles. The first-order chi connectivity index (χ1) is 15.9. The van der Waals surface area contributed by atoms with Gasteiger partial charge in [0, 0.05) is 32.4 Å². The Morgan fingerprint density at radius 1 is 0.909 bits per heavy atom. The molecule has 168 valence electrons. The fourth-order valence-electron chi connectivity index (χ4n) is 3.33. The molecule has 1 heterocycles. The summed E-state index contributed by atoms with van der Waals surface area (Å²) in [5.41, 5.74) is 3.53. The highest BCUT2D eigenvalue weighted by molar-refractivity contribution is 7.89. The molecule has 0 spiro atoms. The summed E-state index contributed by atoms with van der Waals surface area (Å²) in [6, 6.07) is 25.6. The van der Waals surface area contributed by atoms with Crippen molar-refractivity contribution >= 4 is 15.9 Å². The van der Waals surface area contributed by atoms with Gasteiger partial charge in [-0.2, -0.15) is 5.10 Å². The van der Waals surface area contributed by atoms with Crippen molar-refractivity contribution < 1.29 is 13.2 Å². The minimum absolute atomic E-state index is 0.207. The van der Waals surface area contributed by atoms with Gasteiger partial charge in [0.25, 0.3) is 5.91 Å². The first kappa shape index (κ1) is 22.4. The molecule has 0 unspecified atom stereocenters. The van der Waals surface area contributed by atoms with Gasteiger partial charge in [-0.05, 0) is 29.8 Å². The predicted octanol–water partition coefficient (Wildman–Crippen LogP) is 3.72. The second-order valence-corrected chi connectivity index (χ2v) is 9.80. The maximum absolute atomic E-state index is 13.1. The second kappa shape index (κ2) is 9.40. The Balaban J connectivity index is 1.57. The Kier molecular flexibility index (Phi) is 6.39. The largest absolute Gasteiger partial charge is 0.348 e. The molecule has 0 atom stereocenters. The Labute approximate surface area is 193 Å². The van der Waals surface area contributed by atoms with Crippen LogP contribution < -0.4 is 5.32 Å². The van der Waals surface area contributed by atoms with Gasteiger partial charge in [0.05, 0.1) is 16.1 Å². The smallest absolute Gasteiger partial charge is 0.255 e. The summed E-state index contributed by atoms with van der Waals surface area (Å²) in [5, 5.41) is 7.59. The average Bonchev–Trinajstić information content (AvgIpc) is 3.29. The number of rotatable bonds is 7. The summed E-state index contributed by atoms with van der Waals surface area (Å²) in [4.78, 5) is 13.3. The second-order valence-electron chi connectivity index (χ2n) is 7.65. The molecular formula is C25H24N4O3S. The van der Waals surface area contributed by atoms with Gasteiger partial charge in [-0.15, -0.1) is 0 Å². The van der Waals surface area contributed by atoms with E-state index >= 15 is 0 Å². The molecule has 0 saturated heterocycles. The number of aromatic nitrogens is 2. The van der Waals surface area contributed by atoms with E-state index in [-0.39, 0.29) is 17.3 Å². The van der Waals surface area contributed by atoms with Crippen LogP contribution in [0.1, 0.15) is 15.9 Å². The van der Waals surface area contributed by atoms with Gasteiger partial charge in [-0.25, -0.2) is 17.4 Å². The molecule has 0 fully saturated rings. The van der Waals surface area contributed by atoms with Crippen LogP contribution in [0.2, 0.25) is 0 Å². The molecule has 4 aromatic rings. The Bertz CT molecular complexity index is 1350. The monoisotopic (exact) mass is 460 g/mol. The lowest BCUT2D eigenvalue weighted by Gasteiger charge is -2.12. The summed E-state index contributed by atoms with van der Waals surface area (Å²) in [6.07, 6.45) is 1.72. The SMILES string of the molecule is CN(C)S(=O)(=O)c1ccc(CNC(=O)c2cn(-c3ccccc3)nc2-c2ccccc2)cc1. The first-order valence-corrected chi connectivity index (χ1v) is 11.8. The van der Waals surface area contributed by atoms with E-state index in [0.717, 1.165) is 16.8 Å². The van der Waals surface area contributed by atoms with Crippen molar-refractivity contribution in [3.8, 4) is 16.9 Å². The lowest BCUT2D eigenvalue weighted by Crippen LogP contribution is -2.23. The molecule has 0 radical (unpaired) electrons. The molecule has 1 N–H and O–H groups in total. The van der Waals surface area contributed by atoms with E-state index in [2.05, 4.69) is 10.4 Å². The Hall–Kier alpha value is -3.75. The van der Waals surface area contributed by atoms with Crippen LogP contribution in [-0.2, 0) is 16.6 Å². The van der Waals surface area contributed by atoms with Gasteiger partial charge in [0.15, 0.2) is 0 Å². The standard InChI is InChI=1S/C25H24N4O3S/c1-28(2)33(31,32)22-15-13-19(14-16-22)17-26-25(30)23-18-29(21-11-7-4-8-12-21)27-24(23)20-9-5-3-6-10-20/h3-16,18H,17H2,1-2H3,(H,26,30). The van der Waals surface area contributed by atoms with Crippen LogP contribution in [0.15, 0.2) is 96.0 Å². The first-order valence-electron chi connectivity index (χ1n) is 10.4. The number of sulfonamides is 1. The van der Waals surface area contributed by atoms with Crippen molar-refractivity contribution in [2.24, 2.45) is 0 Å². The molecule has 0 saturated carbocycles. The topological polar surface area (TPSA) is 84.3 Å². The summed E-state index contributed by atoms with van der Waals surface area (Å²) >= 11 is 0. The summed E-state index contributed by atoms with van der Waals surface area (Å²) in [5.74, 6) is -0.263. The minimum Gasteiger partial charge on any atom is -0.348 e.